The Morgan fingerprint density at radius 1 is 0.393 bits per heavy atom. The Morgan fingerprint density at radius 3 is 1.11 bits per heavy atom. The SMILES string of the molecule is CC/C=C\C/C=C\C/C=C\C/C=C\CCCCCCCCCCCCC(=O)OC(CCCC/C=C\C/C=C\C/C=C\C/C=C\CC)CCCCCCCC(=O)O. The van der Waals surface area contributed by atoms with Gasteiger partial charge in [0.15, 0.2) is 0 Å². The van der Waals surface area contributed by atoms with E-state index in [4.69, 9.17) is 9.84 Å². The van der Waals surface area contributed by atoms with Gasteiger partial charge in [-0.05, 0) is 116 Å². The Morgan fingerprint density at radius 2 is 0.696 bits per heavy atom. The number of rotatable bonds is 41. The van der Waals surface area contributed by atoms with Crippen molar-refractivity contribution in [3.63, 3.8) is 0 Å². The molecule has 0 spiro atoms. The van der Waals surface area contributed by atoms with E-state index >= 15 is 0 Å². The molecule has 1 unspecified atom stereocenters. The normalized spacial score (nSPS) is 13.2. The summed E-state index contributed by atoms with van der Waals surface area (Å²) in [5, 5.41) is 8.86. The van der Waals surface area contributed by atoms with E-state index in [-0.39, 0.29) is 18.5 Å². The number of carboxylic acids is 1. The number of carbonyl (C=O) groups is 2. The zero-order valence-electron chi connectivity index (χ0n) is 36.4. The number of hydrogen-bond acceptors (Lipinski definition) is 3. The molecule has 0 rings (SSSR count). The van der Waals surface area contributed by atoms with Crippen molar-refractivity contribution in [1.29, 1.82) is 0 Å². The molecule has 0 heterocycles. The van der Waals surface area contributed by atoms with Crippen molar-refractivity contribution < 1.29 is 19.4 Å². The number of carbonyl (C=O) groups excluding carboxylic acids is 1. The largest absolute Gasteiger partial charge is 0.481 e. The van der Waals surface area contributed by atoms with Gasteiger partial charge in [-0.15, -0.1) is 0 Å². The van der Waals surface area contributed by atoms with Crippen LogP contribution in [0.15, 0.2) is 97.2 Å². The summed E-state index contributed by atoms with van der Waals surface area (Å²) in [5.41, 5.74) is 0. The van der Waals surface area contributed by atoms with Gasteiger partial charge in [0.2, 0.25) is 0 Å². The molecule has 0 aromatic carbocycles. The fourth-order valence-electron chi connectivity index (χ4n) is 6.46. The average Bonchev–Trinajstić information content (AvgIpc) is 3.19. The van der Waals surface area contributed by atoms with Gasteiger partial charge >= 0.3 is 11.9 Å². The third-order valence-electron chi connectivity index (χ3n) is 9.80. The summed E-state index contributed by atoms with van der Waals surface area (Å²) in [5.74, 6) is -0.738. The lowest BCUT2D eigenvalue weighted by atomic mass is 10.0. The lowest BCUT2D eigenvalue weighted by molar-refractivity contribution is -0.150. The minimum absolute atomic E-state index is 0.00728. The molecule has 0 saturated heterocycles. The fourth-order valence-corrected chi connectivity index (χ4v) is 6.46. The maximum Gasteiger partial charge on any atom is 0.306 e. The van der Waals surface area contributed by atoms with Crippen LogP contribution >= 0.6 is 0 Å². The lowest BCUT2D eigenvalue weighted by Crippen LogP contribution is -2.18. The van der Waals surface area contributed by atoms with Crippen LogP contribution in [0.1, 0.15) is 213 Å². The molecule has 0 aliphatic heterocycles. The first-order chi connectivity index (χ1) is 27.6. The molecule has 0 saturated carbocycles. The maximum atomic E-state index is 12.8. The maximum absolute atomic E-state index is 12.8. The molecule has 1 atom stereocenters. The molecule has 56 heavy (non-hydrogen) atoms. The molecule has 1 N–H and O–H groups in total. The Hall–Kier alpha value is -3.14. The summed E-state index contributed by atoms with van der Waals surface area (Å²) in [6.45, 7) is 4.33. The van der Waals surface area contributed by atoms with Gasteiger partial charge in [-0.25, -0.2) is 0 Å². The molecule has 0 radical (unpaired) electrons. The zero-order chi connectivity index (χ0) is 40.7. The zero-order valence-corrected chi connectivity index (χ0v) is 36.4. The van der Waals surface area contributed by atoms with Crippen LogP contribution in [0.2, 0.25) is 0 Å². The van der Waals surface area contributed by atoms with Crippen molar-refractivity contribution >= 4 is 11.9 Å². The van der Waals surface area contributed by atoms with E-state index in [1.54, 1.807) is 0 Å². The predicted octanol–water partition coefficient (Wildman–Crippen LogP) is 16.6. The molecule has 0 fully saturated rings. The van der Waals surface area contributed by atoms with Crippen molar-refractivity contribution in [2.75, 3.05) is 0 Å². The Bertz CT molecular complexity index is 1100. The molecule has 4 nitrogen and oxygen atoms in total. The second-order valence-corrected chi connectivity index (χ2v) is 15.2. The van der Waals surface area contributed by atoms with E-state index in [0.29, 0.717) is 6.42 Å². The number of carboxylic acid groups (broad SMARTS) is 1. The molecule has 0 aromatic heterocycles. The van der Waals surface area contributed by atoms with E-state index in [9.17, 15) is 9.59 Å². The van der Waals surface area contributed by atoms with Crippen LogP contribution < -0.4 is 0 Å². The summed E-state index contributed by atoms with van der Waals surface area (Å²) in [6.07, 6.45) is 68.7. The first-order valence-electron chi connectivity index (χ1n) is 23.2. The minimum atomic E-state index is -0.711. The minimum Gasteiger partial charge on any atom is -0.481 e. The van der Waals surface area contributed by atoms with Gasteiger partial charge in [0.25, 0.3) is 0 Å². The Balaban J connectivity index is 4.05. The Kier molecular flexibility index (Phi) is 43.7. The third-order valence-corrected chi connectivity index (χ3v) is 9.80. The number of esters is 1. The lowest BCUT2D eigenvalue weighted by Gasteiger charge is -2.18. The highest BCUT2D eigenvalue weighted by Gasteiger charge is 2.14. The highest BCUT2D eigenvalue weighted by atomic mass is 16.5. The quantitative estimate of drug-likeness (QED) is 0.0382. The van der Waals surface area contributed by atoms with Gasteiger partial charge in [0, 0.05) is 12.8 Å². The van der Waals surface area contributed by atoms with Crippen molar-refractivity contribution in [2.24, 2.45) is 0 Å². The van der Waals surface area contributed by atoms with Crippen molar-refractivity contribution in [2.45, 2.75) is 219 Å². The molecular weight excluding hydrogens is 689 g/mol. The van der Waals surface area contributed by atoms with Gasteiger partial charge in [-0.2, -0.15) is 0 Å². The van der Waals surface area contributed by atoms with Gasteiger partial charge < -0.3 is 9.84 Å². The monoisotopic (exact) mass is 775 g/mol. The van der Waals surface area contributed by atoms with Crippen LogP contribution in [-0.4, -0.2) is 23.1 Å². The van der Waals surface area contributed by atoms with Gasteiger partial charge in [-0.1, -0.05) is 182 Å². The van der Waals surface area contributed by atoms with Crippen LogP contribution in [0.4, 0.5) is 0 Å². The molecule has 0 aliphatic carbocycles. The van der Waals surface area contributed by atoms with Crippen LogP contribution in [0.5, 0.6) is 0 Å². The van der Waals surface area contributed by atoms with Gasteiger partial charge in [-0.3, -0.25) is 9.59 Å². The highest BCUT2D eigenvalue weighted by molar-refractivity contribution is 5.69. The topological polar surface area (TPSA) is 63.6 Å². The highest BCUT2D eigenvalue weighted by Crippen LogP contribution is 2.18. The van der Waals surface area contributed by atoms with E-state index in [2.05, 4.69) is 111 Å². The standard InChI is InChI=1S/C52H86O4/c1-3-5-7-9-11-13-15-17-19-20-21-22-23-24-25-26-28-30-32-34-36-41-45-49-52(55)56-50(47-43-39-37-40-44-48-51(53)54)46-42-38-35-33-31-29-27-18-16-14-12-10-8-6-4-2/h5-8,11-14,17-19,21-22,27,31,33,50H,3-4,9-10,15-16,20,23-26,28-30,32,34-49H2,1-2H3,(H,53,54)/b7-5-,8-6-,13-11-,14-12-,19-17-,22-21-,27-18-,33-31-. The van der Waals surface area contributed by atoms with Crippen LogP contribution in [0, 0.1) is 0 Å². The smallest absolute Gasteiger partial charge is 0.306 e. The molecule has 0 amide bonds. The van der Waals surface area contributed by atoms with Gasteiger partial charge in [0.1, 0.15) is 6.10 Å². The Labute approximate surface area is 346 Å². The van der Waals surface area contributed by atoms with Crippen LogP contribution in [0.3, 0.4) is 0 Å². The first kappa shape index (κ1) is 52.9. The summed E-state index contributed by atoms with van der Waals surface area (Å²) in [4.78, 5) is 23.5. The van der Waals surface area contributed by atoms with Crippen LogP contribution in [0.25, 0.3) is 0 Å². The molecule has 4 heteroatoms. The molecule has 0 aliphatic rings. The molecular formula is C52H86O4. The van der Waals surface area contributed by atoms with Crippen LogP contribution in [-0.2, 0) is 14.3 Å². The van der Waals surface area contributed by atoms with E-state index in [0.717, 1.165) is 128 Å². The van der Waals surface area contributed by atoms with Gasteiger partial charge in [0.05, 0.1) is 0 Å². The predicted molar refractivity (Wildman–Crippen MR) is 245 cm³/mol. The summed E-state index contributed by atoms with van der Waals surface area (Å²) >= 11 is 0. The third kappa shape index (κ3) is 45.3. The number of unbranched alkanes of at least 4 members (excludes halogenated alkanes) is 16. The number of aliphatic carboxylic acids is 1. The second-order valence-electron chi connectivity index (χ2n) is 15.2. The number of allylic oxidation sites excluding steroid dienone is 16. The summed E-state index contributed by atoms with van der Waals surface area (Å²) in [6, 6.07) is 0. The second kappa shape index (κ2) is 46.2. The van der Waals surface area contributed by atoms with E-state index in [1.165, 1.54) is 57.8 Å². The van der Waals surface area contributed by atoms with Crippen molar-refractivity contribution in [1.82, 2.24) is 0 Å². The first-order valence-corrected chi connectivity index (χ1v) is 23.2. The molecule has 0 bridgehead atoms. The number of hydrogen-bond donors (Lipinski definition) is 1. The molecule has 0 aromatic rings. The van der Waals surface area contributed by atoms with Crippen molar-refractivity contribution in [3.05, 3.63) is 97.2 Å². The van der Waals surface area contributed by atoms with Crippen molar-refractivity contribution in [3.8, 4) is 0 Å². The van der Waals surface area contributed by atoms with E-state index in [1.807, 2.05) is 0 Å². The summed E-state index contributed by atoms with van der Waals surface area (Å²) < 4.78 is 6.01. The van der Waals surface area contributed by atoms with E-state index < -0.39 is 5.97 Å². The fraction of sp³-hybridized carbons (Fsp3) is 0.654. The number of ether oxygens (including phenoxy) is 1. The summed E-state index contributed by atoms with van der Waals surface area (Å²) in [7, 11) is 0. The average molecular weight is 775 g/mol. The molecule has 318 valence electrons.